The first-order valence-corrected chi connectivity index (χ1v) is 8.52. The van der Waals surface area contributed by atoms with Crippen LogP contribution in [0.1, 0.15) is 59.8 Å². The van der Waals surface area contributed by atoms with E-state index in [2.05, 4.69) is 19.2 Å². The minimum Gasteiger partial charge on any atom is -0.342 e. The first-order valence-electron chi connectivity index (χ1n) is 8.52. The van der Waals surface area contributed by atoms with Crippen LogP contribution in [0.25, 0.3) is 0 Å². The van der Waals surface area contributed by atoms with Crippen molar-refractivity contribution in [3.05, 3.63) is 0 Å². The minimum atomic E-state index is -0.351. The van der Waals surface area contributed by atoms with Crippen molar-refractivity contribution in [2.24, 2.45) is 17.8 Å². The molecule has 2 rings (SSSR count). The molecular formula is C17H30N2O2. The number of hydrogen-bond donors (Lipinski definition) is 1. The molecule has 2 aliphatic rings. The molecule has 2 amide bonds. The van der Waals surface area contributed by atoms with Crippen molar-refractivity contribution >= 4 is 11.8 Å². The fraction of sp³-hybridized carbons (Fsp3) is 0.882. The molecule has 0 aromatic carbocycles. The van der Waals surface area contributed by atoms with Crippen molar-refractivity contribution in [3.63, 3.8) is 0 Å². The lowest BCUT2D eigenvalue weighted by Gasteiger charge is -2.45. The molecule has 1 aliphatic carbocycles. The number of nitrogens with zero attached hydrogens (tertiary/aromatic N) is 1. The van der Waals surface area contributed by atoms with E-state index in [9.17, 15) is 9.59 Å². The second kappa shape index (κ2) is 6.80. The van der Waals surface area contributed by atoms with Crippen molar-refractivity contribution in [2.75, 3.05) is 6.54 Å². The molecule has 2 fully saturated rings. The lowest BCUT2D eigenvalue weighted by molar-refractivity contribution is -0.154. The van der Waals surface area contributed by atoms with Gasteiger partial charge in [-0.3, -0.25) is 9.59 Å². The Labute approximate surface area is 128 Å². The number of piperazine rings is 1. The third-order valence-corrected chi connectivity index (χ3v) is 4.78. The molecule has 0 spiro atoms. The summed E-state index contributed by atoms with van der Waals surface area (Å²) in [5.41, 5.74) is 0. The molecule has 1 saturated carbocycles. The zero-order valence-corrected chi connectivity index (χ0v) is 13.9. The Morgan fingerprint density at radius 1 is 1.10 bits per heavy atom. The van der Waals surface area contributed by atoms with Gasteiger partial charge >= 0.3 is 0 Å². The standard InChI is InChI=1S/C17H30N2O2/c1-11(2)10-19-15(13-8-6-5-7-9-13)16(20)18-14(12(3)4)17(19)21/h11-15H,5-10H2,1-4H3,(H,18,20). The largest absolute Gasteiger partial charge is 0.342 e. The maximum Gasteiger partial charge on any atom is 0.246 e. The summed E-state index contributed by atoms with van der Waals surface area (Å²) in [6.07, 6.45) is 5.79. The van der Waals surface area contributed by atoms with Gasteiger partial charge in [0.05, 0.1) is 0 Å². The van der Waals surface area contributed by atoms with Crippen molar-refractivity contribution in [3.8, 4) is 0 Å². The zero-order chi connectivity index (χ0) is 15.6. The van der Waals surface area contributed by atoms with E-state index in [1.807, 2.05) is 18.7 Å². The normalized spacial score (nSPS) is 28.4. The van der Waals surface area contributed by atoms with Crippen molar-refractivity contribution in [2.45, 2.75) is 71.9 Å². The van der Waals surface area contributed by atoms with Crippen LogP contribution in [0.3, 0.4) is 0 Å². The highest BCUT2D eigenvalue weighted by molar-refractivity contribution is 5.97. The maximum absolute atomic E-state index is 12.8. The highest BCUT2D eigenvalue weighted by Gasteiger charge is 2.45. The van der Waals surface area contributed by atoms with Crippen molar-refractivity contribution in [1.29, 1.82) is 0 Å². The highest BCUT2D eigenvalue weighted by atomic mass is 16.2. The van der Waals surface area contributed by atoms with E-state index in [-0.39, 0.29) is 29.8 Å². The lowest BCUT2D eigenvalue weighted by Crippen LogP contribution is -2.67. The molecule has 0 aromatic rings. The molecule has 1 heterocycles. The third kappa shape index (κ3) is 3.58. The van der Waals surface area contributed by atoms with Gasteiger partial charge in [0.25, 0.3) is 0 Å². The molecule has 2 unspecified atom stereocenters. The molecule has 0 radical (unpaired) electrons. The van der Waals surface area contributed by atoms with Crippen LogP contribution in [0.15, 0.2) is 0 Å². The molecule has 2 atom stereocenters. The van der Waals surface area contributed by atoms with Gasteiger partial charge in [0.2, 0.25) is 11.8 Å². The average molecular weight is 294 g/mol. The Morgan fingerprint density at radius 2 is 1.71 bits per heavy atom. The third-order valence-electron chi connectivity index (χ3n) is 4.78. The monoisotopic (exact) mass is 294 g/mol. The number of amides is 2. The van der Waals surface area contributed by atoms with Crippen molar-refractivity contribution < 1.29 is 9.59 Å². The lowest BCUT2D eigenvalue weighted by atomic mass is 9.80. The molecule has 120 valence electrons. The van der Waals surface area contributed by atoms with Gasteiger partial charge in [0, 0.05) is 6.54 Å². The fourth-order valence-corrected chi connectivity index (χ4v) is 3.72. The smallest absolute Gasteiger partial charge is 0.246 e. The van der Waals surface area contributed by atoms with Crippen LogP contribution < -0.4 is 5.32 Å². The molecule has 4 heteroatoms. The van der Waals surface area contributed by atoms with Gasteiger partial charge in [-0.05, 0) is 30.6 Å². The summed E-state index contributed by atoms with van der Waals surface area (Å²) in [5.74, 6) is 1.06. The Morgan fingerprint density at radius 3 is 2.24 bits per heavy atom. The van der Waals surface area contributed by atoms with Gasteiger partial charge in [-0.1, -0.05) is 47.0 Å². The summed E-state index contributed by atoms with van der Waals surface area (Å²) < 4.78 is 0. The topological polar surface area (TPSA) is 49.4 Å². The van der Waals surface area contributed by atoms with Gasteiger partial charge in [0.1, 0.15) is 12.1 Å². The minimum absolute atomic E-state index is 0.0702. The van der Waals surface area contributed by atoms with E-state index in [4.69, 9.17) is 0 Å². The number of rotatable bonds is 4. The van der Waals surface area contributed by atoms with E-state index >= 15 is 0 Å². The molecule has 0 aromatic heterocycles. The van der Waals surface area contributed by atoms with Crippen LogP contribution in [0.5, 0.6) is 0 Å². The predicted molar refractivity (Wildman–Crippen MR) is 83.7 cm³/mol. The quantitative estimate of drug-likeness (QED) is 0.866. The predicted octanol–water partition coefficient (Wildman–Crippen LogP) is 2.57. The van der Waals surface area contributed by atoms with Gasteiger partial charge in [-0.25, -0.2) is 0 Å². The van der Waals surface area contributed by atoms with Gasteiger partial charge in [-0.15, -0.1) is 0 Å². The van der Waals surface area contributed by atoms with Crippen LogP contribution in [-0.4, -0.2) is 35.3 Å². The molecule has 1 aliphatic heterocycles. The SMILES string of the molecule is CC(C)CN1C(=O)C(C(C)C)NC(=O)C1C1CCCCC1. The first-order chi connectivity index (χ1) is 9.91. The van der Waals surface area contributed by atoms with Crippen LogP contribution in [0.2, 0.25) is 0 Å². The van der Waals surface area contributed by atoms with Crippen LogP contribution in [0.4, 0.5) is 0 Å². The Kier molecular flexibility index (Phi) is 5.28. The summed E-state index contributed by atoms with van der Waals surface area (Å²) in [7, 11) is 0. The van der Waals surface area contributed by atoms with Crippen molar-refractivity contribution in [1.82, 2.24) is 10.2 Å². The molecule has 1 N–H and O–H groups in total. The highest BCUT2D eigenvalue weighted by Crippen LogP contribution is 2.32. The van der Waals surface area contributed by atoms with E-state index in [0.29, 0.717) is 18.4 Å². The molecular weight excluding hydrogens is 264 g/mol. The van der Waals surface area contributed by atoms with E-state index in [0.717, 1.165) is 12.8 Å². The number of carbonyl (C=O) groups excluding carboxylic acids is 2. The van der Waals surface area contributed by atoms with Crippen LogP contribution in [-0.2, 0) is 9.59 Å². The van der Waals surface area contributed by atoms with E-state index in [1.165, 1.54) is 19.3 Å². The molecule has 4 nitrogen and oxygen atoms in total. The Balaban J connectivity index is 2.23. The summed E-state index contributed by atoms with van der Waals surface area (Å²) in [5, 5.41) is 2.99. The average Bonchev–Trinajstić information content (AvgIpc) is 2.43. The number of hydrogen-bond acceptors (Lipinski definition) is 2. The first kappa shape index (κ1) is 16.3. The fourth-order valence-electron chi connectivity index (χ4n) is 3.72. The summed E-state index contributed by atoms with van der Waals surface area (Å²) in [6, 6.07) is -0.591. The van der Waals surface area contributed by atoms with Crippen LogP contribution >= 0.6 is 0 Å². The summed E-state index contributed by atoms with van der Waals surface area (Å²) >= 11 is 0. The van der Waals surface area contributed by atoms with Gasteiger partial charge in [-0.2, -0.15) is 0 Å². The summed E-state index contributed by atoms with van der Waals surface area (Å²) in [6.45, 7) is 8.91. The molecule has 1 saturated heterocycles. The molecule has 0 bridgehead atoms. The number of nitrogens with one attached hydrogen (secondary N) is 1. The Bertz CT molecular complexity index is 386. The maximum atomic E-state index is 12.8. The second-order valence-corrected chi connectivity index (χ2v) is 7.46. The molecule has 21 heavy (non-hydrogen) atoms. The Hall–Kier alpha value is -1.06. The van der Waals surface area contributed by atoms with Gasteiger partial charge < -0.3 is 10.2 Å². The zero-order valence-electron chi connectivity index (χ0n) is 13.9. The number of carbonyl (C=O) groups is 2. The van der Waals surface area contributed by atoms with E-state index in [1.54, 1.807) is 0 Å². The van der Waals surface area contributed by atoms with Gasteiger partial charge in [0.15, 0.2) is 0 Å². The van der Waals surface area contributed by atoms with Crippen LogP contribution in [0, 0.1) is 17.8 Å². The van der Waals surface area contributed by atoms with E-state index < -0.39 is 0 Å². The summed E-state index contributed by atoms with van der Waals surface area (Å²) in [4.78, 5) is 27.3. The second-order valence-electron chi connectivity index (χ2n) is 7.46.